The smallest absolute Gasteiger partial charge is 0.339 e. The first-order valence-corrected chi connectivity index (χ1v) is 8.42. The third-order valence-corrected chi connectivity index (χ3v) is 4.47. The number of hydrogen-bond donors (Lipinski definition) is 0. The third kappa shape index (κ3) is 3.33. The van der Waals surface area contributed by atoms with Gasteiger partial charge in [0.05, 0.1) is 24.1 Å². The number of carbonyl (C=O) groups is 1. The summed E-state index contributed by atoms with van der Waals surface area (Å²) in [4.78, 5) is 18.7. The van der Waals surface area contributed by atoms with Crippen molar-refractivity contribution in [3.8, 4) is 11.3 Å². The van der Waals surface area contributed by atoms with Gasteiger partial charge in [0.1, 0.15) is 5.65 Å². The van der Waals surface area contributed by atoms with Gasteiger partial charge in [0.2, 0.25) is 0 Å². The van der Waals surface area contributed by atoms with Gasteiger partial charge in [-0.15, -0.1) is 0 Å². The van der Waals surface area contributed by atoms with E-state index in [-0.39, 0.29) is 5.97 Å². The number of aryl methyl sites for hydroxylation is 1. The highest BCUT2D eigenvalue weighted by Crippen LogP contribution is 2.27. The Labute approximate surface area is 153 Å². The number of esters is 1. The van der Waals surface area contributed by atoms with Crippen LogP contribution in [0.2, 0.25) is 0 Å². The van der Waals surface area contributed by atoms with Gasteiger partial charge in [0, 0.05) is 38.0 Å². The van der Waals surface area contributed by atoms with Crippen molar-refractivity contribution in [2.75, 3.05) is 21.2 Å². The molecule has 5 nitrogen and oxygen atoms in total. The predicted molar refractivity (Wildman–Crippen MR) is 103 cm³/mol. The van der Waals surface area contributed by atoms with Crippen molar-refractivity contribution in [2.24, 2.45) is 0 Å². The predicted octanol–water partition coefficient (Wildman–Crippen LogP) is 3.71. The molecule has 0 bridgehead atoms. The number of hydrogen-bond acceptors (Lipinski definition) is 4. The van der Waals surface area contributed by atoms with Gasteiger partial charge in [-0.3, -0.25) is 0 Å². The molecule has 2 aromatic heterocycles. The van der Waals surface area contributed by atoms with E-state index in [0.29, 0.717) is 12.0 Å². The van der Waals surface area contributed by atoms with E-state index in [2.05, 4.69) is 37.8 Å². The Hall–Kier alpha value is -3.08. The van der Waals surface area contributed by atoms with Gasteiger partial charge in [0.15, 0.2) is 0 Å². The minimum atomic E-state index is -0.366. The van der Waals surface area contributed by atoms with Crippen molar-refractivity contribution < 1.29 is 9.53 Å². The second kappa shape index (κ2) is 7.04. The summed E-state index contributed by atoms with van der Waals surface area (Å²) in [6.45, 7) is 6.21. The zero-order chi connectivity index (χ0) is 18.8. The number of carbonyl (C=O) groups excluding carboxylic acids is 1. The summed E-state index contributed by atoms with van der Waals surface area (Å²) >= 11 is 0. The maximum atomic E-state index is 11.9. The molecule has 0 fully saturated rings. The van der Waals surface area contributed by atoms with Gasteiger partial charge in [-0.2, -0.15) is 0 Å². The Bertz CT molecular complexity index is 969. The molecule has 0 saturated heterocycles. The lowest BCUT2D eigenvalue weighted by Crippen LogP contribution is -2.13. The van der Waals surface area contributed by atoms with E-state index < -0.39 is 0 Å². The van der Waals surface area contributed by atoms with Gasteiger partial charge in [-0.1, -0.05) is 36.4 Å². The van der Waals surface area contributed by atoms with E-state index >= 15 is 0 Å². The Morgan fingerprint density at radius 1 is 1.19 bits per heavy atom. The summed E-state index contributed by atoms with van der Waals surface area (Å²) in [5, 5.41) is 0. The number of likely N-dealkylation sites (N-methyl/N-ethyl adjacent to an activating group) is 1. The first kappa shape index (κ1) is 17.7. The van der Waals surface area contributed by atoms with Crippen molar-refractivity contribution in [1.82, 2.24) is 14.3 Å². The Balaban J connectivity index is 2.20. The lowest BCUT2D eigenvalue weighted by molar-refractivity contribution is 0.0600. The molecule has 0 radical (unpaired) electrons. The van der Waals surface area contributed by atoms with Crippen LogP contribution < -0.4 is 0 Å². The van der Waals surface area contributed by atoms with E-state index in [9.17, 15) is 4.79 Å². The first-order chi connectivity index (χ1) is 12.4. The van der Waals surface area contributed by atoms with Crippen molar-refractivity contribution in [3.63, 3.8) is 0 Å². The van der Waals surface area contributed by atoms with Gasteiger partial charge >= 0.3 is 5.97 Å². The highest BCUT2D eigenvalue weighted by Gasteiger charge is 2.17. The molecule has 1 aromatic carbocycles. The zero-order valence-corrected chi connectivity index (χ0v) is 15.6. The van der Waals surface area contributed by atoms with Crippen molar-refractivity contribution in [3.05, 3.63) is 71.7 Å². The molecule has 0 aliphatic carbocycles. The van der Waals surface area contributed by atoms with Crippen LogP contribution in [0, 0.1) is 6.92 Å². The van der Waals surface area contributed by atoms with E-state index in [4.69, 9.17) is 9.72 Å². The Morgan fingerprint density at radius 2 is 1.88 bits per heavy atom. The topological polar surface area (TPSA) is 46.8 Å². The summed E-state index contributed by atoms with van der Waals surface area (Å²) in [5.41, 5.74) is 6.37. The second-order valence-corrected chi connectivity index (χ2v) is 6.55. The number of aromatic nitrogens is 2. The molecule has 0 aliphatic rings. The molecule has 2 heterocycles. The number of pyridine rings is 1. The largest absolute Gasteiger partial charge is 0.465 e. The number of benzene rings is 1. The fraction of sp³-hybridized carbons (Fsp3) is 0.238. The number of rotatable bonds is 5. The van der Waals surface area contributed by atoms with Crippen LogP contribution in [0.3, 0.4) is 0 Å². The van der Waals surface area contributed by atoms with E-state index in [0.717, 1.165) is 28.3 Å². The van der Waals surface area contributed by atoms with Gasteiger partial charge in [-0.05, 0) is 19.1 Å². The molecule has 0 atom stereocenters. The summed E-state index contributed by atoms with van der Waals surface area (Å²) in [7, 11) is 5.32. The molecule has 0 saturated carbocycles. The molecule has 3 rings (SSSR count). The van der Waals surface area contributed by atoms with Crippen molar-refractivity contribution in [1.29, 1.82) is 0 Å². The lowest BCUT2D eigenvalue weighted by atomic mass is 10.1. The van der Waals surface area contributed by atoms with E-state index in [1.54, 1.807) is 12.3 Å². The summed E-state index contributed by atoms with van der Waals surface area (Å²) in [6, 6.07) is 11.9. The number of allylic oxidation sites excluding steroid dienone is 1. The Morgan fingerprint density at radius 3 is 2.50 bits per heavy atom. The van der Waals surface area contributed by atoms with Crippen LogP contribution >= 0.6 is 0 Å². The number of nitrogens with zero attached hydrogens (tertiary/aromatic N) is 3. The molecule has 0 N–H and O–H groups in total. The number of fused-ring (bicyclic) bond motifs is 1. The maximum Gasteiger partial charge on any atom is 0.339 e. The highest BCUT2D eigenvalue weighted by atomic mass is 16.5. The summed E-state index contributed by atoms with van der Waals surface area (Å²) < 4.78 is 6.81. The van der Waals surface area contributed by atoms with Crippen LogP contribution in [-0.4, -0.2) is 41.5 Å². The summed E-state index contributed by atoms with van der Waals surface area (Å²) in [6.07, 6.45) is 2.41. The van der Waals surface area contributed by atoms with E-state index in [1.807, 2.05) is 29.5 Å². The minimum absolute atomic E-state index is 0.366. The summed E-state index contributed by atoms with van der Waals surface area (Å²) in [5.74, 6) is -0.366. The van der Waals surface area contributed by atoms with Crippen LogP contribution in [0.5, 0.6) is 0 Å². The average molecular weight is 349 g/mol. The molecule has 5 heteroatoms. The molecule has 134 valence electrons. The van der Waals surface area contributed by atoms with Crippen LogP contribution in [-0.2, 0) is 11.2 Å². The van der Waals surface area contributed by atoms with Gasteiger partial charge in [0.25, 0.3) is 0 Å². The fourth-order valence-electron chi connectivity index (χ4n) is 2.79. The number of imidazole rings is 1. The number of ether oxygens (including phenoxy) is 1. The fourth-order valence-corrected chi connectivity index (χ4v) is 2.79. The number of methoxy groups -OCH3 is 1. The van der Waals surface area contributed by atoms with Crippen LogP contribution in [0.15, 0.2) is 54.9 Å². The molecular weight excluding hydrogens is 326 g/mol. The van der Waals surface area contributed by atoms with E-state index in [1.165, 1.54) is 12.7 Å². The average Bonchev–Trinajstić information content (AvgIpc) is 2.99. The van der Waals surface area contributed by atoms with Gasteiger partial charge < -0.3 is 14.0 Å². The first-order valence-electron chi connectivity index (χ1n) is 8.42. The van der Waals surface area contributed by atoms with Gasteiger partial charge in [-0.25, -0.2) is 9.78 Å². The molecule has 0 spiro atoms. The lowest BCUT2D eigenvalue weighted by Gasteiger charge is -2.16. The van der Waals surface area contributed by atoms with Crippen LogP contribution in [0.4, 0.5) is 0 Å². The minimum Gasteiger partial charge on any atom is -0.465 e. The van der Waals surface area contributed by atoms with Crippen LogP contribution in [0.25, 0.3) is 16.9 Å². The third-order valence-electron chi connectivity index (χ3n) is 4.47. The SMILES string of the molecule is C=C(Cc1c(-c2ccc(C)cc2)nc2ccc(C(=O)OC)cn12)N(C)C. The molecule has 0 aliphatic heterocycles. The molecular formula is C21H23N3O2. The molecule has 0 unspecified atom stereocenters. The normalized spacial score (nSPS) is 10.8. The Kier molecular flexibility index (Phi) is 4.80. The standard InChI is InChI=1S/C21H23N3O2/c1-14-6-8-16(9-7-14)20-18(12-15(2)23(3)4)24-13-17(21(25)26-5)10-11-19(24)22-20/h6-11,13H,2,12H2,1,3-5H3. The maximum absolute atomic E-state index is 11.9. The molecule has 3 aromatic rings. The zero-order valence-electron chi connectivity index (χ0n) is 15.6. The van der Waals surface area contributed by atoms with Crippen molar-refractivity contribution in [2.45, 2.75) is 13.3 Å². The second-order valence-electron chi connectivity index (χ2n) is 6.55. The quantitative estimate of drug-likeness (QED) is 0.659. The molecule has 26 heavy (non-hydrogen) atoms. The highest BCUT2D eigenvalue weighted by molar-refractivity contribution is 5.89. The van der Waals surface area contributed by atoms with Crippen molar-refractivity contribution >= 4 is 11.6 Å². The molecule has 0 amide bonds. The monoisotopic (exact) mass is 349 g/mol. The van der Waals surface area contributed by atoms with Crippen LogP contribution in [0.1, 0.15) is 21.6 Å².